The Bertz CT molecular complexity index is 4080. The molecule has 134 heavy (non-hydrogen) atoms. The van der Waals surface area contributed by atoms with Crippen molar-refractivity contribution in [3.05, 3.63) is 35.9 Å². The molecule has 18 amide bonds. The van der Waals surface area contributed by atoms with Gasteiger partial charge in [-0.05, 0) is 159 Å². The van der Waals surface area contributed by atoms with Gasteiger partial charge in [0.2, 0.25) is 94.5 Å². The fraction of sp³-hybridized carbons (Fsp3) is 0.675. The summed E-state index contributed by atoms with van der Waals surface area (Å²) in [5.74, 6) is -17.8. The van der Waals surface area contributed by atoms with E-state index in [1.54, 1.807) is 55.9 Å². The number of thioether (sulfide) groups is 1. The highest BCUT2D eigenvalue weighted by Gasteiger charge is 2.43. The average Bonchev–Trinajstić information content (AvgIpc) is 1.66. The number of nitrogens with two attached hydrogens (primary N) is 8. The van der Waals surface area contributed by atoms with Gasteiger partial charge in [-0.3, -0.25) is 92.9 Å². The molecule has 51 heteroatoms. The summed E-state index contributed by atoms with van der Waals surface area (Å²) in [7, 11) is 0. The Morgan fingerprint density at radius 2 is 0.866 bits per heavy atom. The third-order valence-electron chi connectivity index (χ3n) is 21.5. The molecule has 2 saturated heterocycles. The van der Waals surface area contributed by atoms with Gasteiger partial charge < -0.3 is 157 Å². The molecule has 1 aromatic rings. The van der Waals surface area contributed by atoms with Crippen LogP contribution in [0, 0.1) is 28.1 Å². The molecule has 752 valence electrons. The van der Waals surface area contributed by atoms with Crippen molar-refractivity contribution in [1.82, 2.24) is 101 Å². The van der Waals surface area contributed by atoms with Crippen LogP contribution in [0.1, 0.15) is 188 Å². The predicted octanol–water partition coefficient (Wildman–Crippen LogP) is -8.51. The number of carbonyl (C=O) groups is 18. The van der Waals surface area contributed by atoms with Gasteiger partial charge in [-0.1, -0.05) is 64.4 Å². The first kappa shape index (κ1) is 116. The summed E-state index contributed by atoms with van der Waals surface area (Å²) in [5.41, 5.74) is 45.9. The number of carboxylic acids is 1. The number of guanidine groups is 3. The molecule has 3 rings (SSSR count). The standard InChI is InChI=1S/C83H144N30O20S/c1-44(2)38-55(76(128)106-53(27-19-37-98-82(93)94)71(123)107-54(30-31-61(87)115)74(126)105-50(24-12-15-33-85)72(124)110-57(40-62(88)116)77(129)112-65(45(3)4)79(131)132)108-78(130)58(42-114)101-64(118)41-99-69(121)49(23-11-14-32-84)104-70(122)51(25-17-35-96-80(89)90)102-67(119)46(5)100-75(127)56(39-47-20-7-6-8-21-47)109-73(125)52(26-18-36-97-81(91)92)103-68(120)48(86)22-13-16-34-95-63(117)29-10-9-28-60-66-59(43-134-60)111-83(133)113-66/h6-8,20-21,44-46,48-60,65-66,114H,9-19,22-43,84-86H2,1-5H3,(H2,87,115)(H2,88,116)(H,95,117)(H,99,121)(H,100,127)(H,101,118)(H,102,119)(H,103,120)(H,104,122)(H,105,126)(H,106,128)(H,107,123)(H,108,130)(H,109,125)(H,110,124)(H,112,129)(H,131,132)(H4,89,90,96)(H4,91,92,97)(H4,93,94,98)(H2,111,113,133)/t46-,48-,49-,50-,51-,52-,53-,54-,55-,56-,57-,58-,59-,60-,65-,66-/m0/s1. The van der Waals surface area contributed by atoms with Gasteiger partial charge in [0.25, 0.3) is 0 Å². The van der Waals surface area contributed by atoms with Crippen LogP contribution in [0.3, 0.4) is 0 Å². The van der Waals surface area contributed by atoms with Gasteiger partial charge in [-0.2, -0.15) is 11.8 Å². The molecular formula is C83H144N30O20S. The number of rotatable bonds is 68. The summed E-state index contributed by atoms with van der Waals surface area (Å²) in [4.78, 5) is 245. The summed E-state index contributed by atoms with van der Waals surface area (Å²) < 4.78 is 0. The third-order valence-corrected chi connectivity index (χ3v) is 23.1. The summed E-state index contributed by atoms with van der Waals surface area (Å²) in [6.07, 6.45) is 2.16. The molecule has 0 spiro atoms. The van der Waals surface area contributed by atoms with Crippen LogP contribution in [-0.4, -0.2) is 289 Å². The van der Waals surface area contributed by atoms with E-state index >= 15 is 0 Å². The number of hydrogen-bond acceptors (Lipinski definition) is 26. The number of aliphatic hydroxyl groups excluding tert-OH is 1. The molecule has 0 aromatic heterocycles. The highest BCUT2D eigenvalue weighted by molar-refractivity contribution is 8.00. The maximum absolute atomic E-state index is 14.5. The zero-order valence-corrected chi connectivity index (χ0v) is 77.7. The second-order valence-corrected chi connectivity index (χ2v) is 35.0. The number of primary amides is 2. The maximum Gasteiger partial charge on any atom is 0.326 e. The van der Waals surface area contributed by atoms with Crippen LogP contribution >= 0.6 is 11.8 Å². The summed E-state index contributed by atoms with van der Waals surface area (Å²) >= 11 is 1.81. The van der Waals surface area contributed by atoms with Crippen LogP contribution < -0.4 is 147 Å². The number of carboxylic acid groups (broad SMARTS) is 1. The van der Waals surface area contributed by atoms with Crippen molar-refractivity contribution < 1.29 is 96.5 Å². The smallest absolute Gasteiger partial charge is 0.326 e. The van der Waals surface area contributed by atoms with E-state index in [1.807, 2.05) is 0 Å². The fourth-order valence-corrected chi connectivity index (χ4v) is 15.8. The van der Waals surface area contributed by atoms with Crippen LogP contribution in [-0.2, 0) is 87.9 Å². The third kappa shape index (κ3) is 46.2. The number of amides is 18. The van der Waals surface area contributed by atoms with Crippen LogP contribution in [0.25, 0.3) is 0 Å². The number of unbranched alkanes of at least 4 members (excludes halogenated alkanes) is 4. The quantitative estimate of drug-likeness (QED) is 0.0125. The molecule has 40 N–H and O–H groups in total. The normalized spacial score (nSPS) is 16.5. The largest absolute Gasteiger partial charge is 0.480 e. The van der Waals surface area contributed by atoms with Gasteiger partial charge in [0.1, 0.15) is 72.5 Å². The Morgan fingerprint density at radius 3 is 1.34 bits per heavy atom. The highest BCUT2D eigenvalue weighted by Crippen LogP contribution is 2.33. The molecule has 50 nitrogen and oxygen atoms in total. The summed E-state index contributed by atoms with van der Waals surface area (Å²) in [6, 6.07) is -11.2. The van der Waals surface area contributed by atoms with Crippen molar-refractivity contribution in [2.45, 2.75) is 285 Å². The number of aliphatic hydroxyl groups is 1. The molecule has 0 unspecified atom stereocenters. The van der Waals surface area contributed by atoms with Crippen molar-refractivity contribution in [1.29, 1.82) is 16.2 Å². The van der Waals surface area contributed by atoms with E-state index in [0.29, 0.717) is 50.6 Å². The Labute approximate surface area is 782 Å². The number of hydrogen-bond donors (Lipinski definition) is 32. The molecule has 0 bridgehead atoms. The van der Waals surface area contributed by atoms with Crippen LogP contribution in [0.5, 0.6) is 0 Å². The minimum atomic E-state index is -1.83. The fourth-order valence-electron chi connectivity index (χ4n) is 14.2. The van der Waals surface area contributed by atoms with E-state index in [0.717, 1.165) is 18.6 Å². The maximum atomic E-state index is 14.5. The number of carbonyl (C=O) groups excluding carboxylic acids is 17. The number of fused-ring (bicyclic) bond motifs is 1. The molecule has 0 aliphatic carbocycles. The van der Waals surface area contributed by atoms with E-state index in [-0.39, 0.29) is 151 Å². The SMILES string of the molecule is CC(C)C[C@H](NC(=O)[C@H](CO)NC(=O)CNC(=O)[C@H](CCCCN)NC(=O)[C@H](CCCNC(=N)N)NC(=O)[C@H](C)NC(=O)[C@H](Cc1ccccc1)NC(=O)[C@H](CCCNC(=N)N)NC(=O)[C@@H](N)CCCCNC(=O)CCCC[C@@H]1SC[C@@H]2NC(=O)N[C@@H]21)C(=O)N[C@@H](CCCNC(=N)N)C(=O)N[C@@H](CCC(N)=O)C(=O)N[C@@H](CCCCN)C(=O)N[C@@H](CC(N)=O)C(=O)N[C@H](C(=O)O)C(C)C. The number of urea groups is 1. The summed E-state index contributed by atoms with van der Waals surface area (Å²) in [5, 5.41) is 92.5. The Balaban J connectivity index is 1.81. The second kappa shape index (κ2) is 62.8. The Hall–Kier alpha value is -12.5. The predicted molar refractivity (Wildman–Crippen MR) is 495 cm³/mol. The topological polar surface area (TPSA) is 856 Å². The monoisotopic (exact) mass is 1910 g/mol. The summed E-state index contributed by atoms with van der Waals surface area (Å²) in [6.45, 7) is 6.30. The number of benzene rings is 1. The molecule has 0 saturated carbocycles. The van der Waals surface area contributed by atoms with Crippen molar-refractivity contribution in [2.75, 3.05) is 58.2 Å². The van der Waals surface area contributed by atoms with E-state index in [2.05, 4.69) is 101 Å². The molecule has 0 radical (unpaired) electrons. The second-order valence-electron chi connectivity index (χ2n) is 33.7. The number of nitrogens with one attached hydrogen (secondary N) is 22. The zero-order chi connectivity index (χ0) is 100. The van der Waals surface area contributed by atoms with Crippen molar-refractivity contribution in [3.63, 3.8) is 0 Å². The first-order valence-electron chi connectivity index (χ1n) is 45.2. The van der Waals surface area contributed by atoms with E-state index in [9.17, 15) is 96.5 Å². The van der Waals surface area contributed by atoms with Crippen LogP contribution in [0.15, 0.2) is 30.3 Å². The molecule has 2 fully saturated rings. The van der Waals surface area contributed by atoms with Crippen molar-refractivity contribution >= 4 is 136 Å². The molecular weight excluding hydrogens is 1770 g/mol. The van der Waals surface area contributed by atoms with E-state index < -0.39 is 229 Å². The van der Waals surface area contributed by atoms with Gasteiger partial charge in [0, 0.05) is 56.4 Å². The van der Waals surface area contributed by atoms with Gasteiger partial charge >= 0.3 is 12.0 Å². The molecule has 1 aromatic carbocycles. The molecule has 2 aliphatic heterocycles. The lowest BCUT2D eigenvalue weighted by Gasteiger charge is -2.28. The Kier molecular flexibility index (Phi) is 54.2. The lowest BCUT2D eigenvalue weighted by molar-refractivity contribution is -0.143. The minimum Gasteiger partial charge on any atom is -0.480 e. The van der Waals surface area contributed by atoms with Crippen LogP contribution in [0.2, 0.25) is 0 Å². The average molecular weight is 1910 g/mol. The first-order chi connectivity index (χ1) is 63.5. The molecule has 2 aliphatic rings. The van der Waals surface area contributed by atoms with Crippen LogP contribution in [0.4, 0.5) is 4.79 Å². The number of aliphatic carboxylic acids is 1. The minimum absolute atomic E-state index is 0.00780. The van der Waals surface area contributed by atoms with E-state index in [4.69, 9.17) is 62.1 Å². The van der Waals surface area contributed by atoms with Crippen molar-refractivity contribution in [2.24, 2.45) is 57.7 Å². The van der Waals surface area contributed by atoms with Crippen molar-refractivity contribution in [3.8, 4) is 0 Å². The lowest BCUT2D eigenvalue weighted by Crippen LogP contribution is -2.60. The molecule has 16 atom stereocenters. The zero-order valence-electron chi connectivity index (χ0n) is 76.9. The lowest BCUT2D eigenvalue weighted by atomic mass is 10.0. The van der Waals surface area contributed by atoms with Gasteiger partial charge in [-0.15, -0.1) is 0 Å². The highest BCUT2D eigenvalue weighted by atomic mass is 32.2. The first-order valence-corrected chi connectivity index (χ1v) is 46.2. The Morgan fingerprint density at radius 1 is 0.433 bits per heavy atom. The van der Waals surface area contributed by atoms with E-state index in [1.165, 1.54) is 20.8 Å². The molecule has 2 heterocycles. The van der Waals surface area contributed by atoms with Gasteiger partial charge in [0.05, 0.1) is 37.7 Å². The van der Waals surface area contributed by atoms with Gasteiger partial charge in [0.15, 0.2) is 17.9 Å². The van der Waals surface area contributed by atoms with Gasteiger partial charge in [-0.25, -0.2) is 9.59 Å².